The molecule has 1 aliphatic heterocycles. The molecule has 0 aromatic heterocycles. The number of rotatable bonds is 8. The predicted molar refractivity (Wildman–Crippen MR) is 127 cm³/mol. The first-order chi connectivity index (χ1) is 14.7. The molecule has 1 aromatic carbocycles. The van der Waals surface area contributed by atoms with Crippen molar-refractivity contribution >= 4 is 24.1 Å². The van der Waals surface area contributed by atoms with Gasteiger partial charge < -0.3 is 4.74 Å². The van der Waals surface area contributed by atoms with Crippen LogP contribution in [-0.2, 0) is 19.6 Å². The van der Waals surface area contributed by atoms with Gasteiger partial charge in [0.1, 0.15) is 0 Å². The summed E-state index contributed by atoms with van der Waals surface area (Å²) in [5.41, 5.74) is 1.53. The molecule has 2 aliphatic rings. The number of fused-ring (bicyclic) bond motifs is 1. The van der Waals surface area contributed by atoms with Crippen LogP contribution in [0, 0.1) is 24.7 Å². The molecule has 174 valence electrons. The molecule has 0 radical (unpaired) electrons. The minimum Gasteiger partial charge on any atom is -0.466 e. The number of aryl methyl sites for hydroxylation is 1. The van der Waals surface area contributed by atoms with E-state index in [4.69, 9.17) is 4.74 Å². The van der Waals surface area contributed by atoms with Crippen LogP contribution in [0.3, 0.4) is 0 Å². The number of hydrogen-bond donors (Lipinski definition) is 0. The molecule has 0 spiro atoms. The smallest absolute Gasteiger partial charge is 0.309 e. The number of piperidine rings is 1. The van der Waals surface area contributed by atoms with Gasteiger partial charge in [0.15, 0.2) is 0 Å². The molecule has 5 nitrogen and oxygen atoms in total. The Labute approximate surface area is 189 Å². The van der Waals surface area contributed by atoms with Crippen molar-refractivity contribution in [3.05, 3.63) is 29.8 Å². The zero-order valence-electron chi connectivity index (χ0n) is 19.8. The molecule has 31 heavy (non-hydrogen) atoms. The van der Waals surface area contributed by atoms with Gasteiger partial charge in [-0.05, 0) is 56.2 Å². The fraction of sp³-hybridized carbons (Fsp3) is 0.708. The van der Waals surface area contributed by atoms with E-state index in [1.165, 1.54) is 18.1 Å². The highest BCUT2D eigenvalue weighted by atomic mass is 32.2. The summed E-state index contributed by atoms with van der Waals surface area (Å²) in [7, 11) is -5.13. The van der Waals surface area contributed by atoms with Crippen LogP contribution in [-0.4, -0.2) is 46.5 Å². The van der Waals surface area contributed by atoms with Gasteiger partial charge in [0.05, 0.1) is 25.5 Å². The van der Waals surface area contributed by atoms with Crippen LogP contribution in [0.1, 0.15) is 46.1 Å². The molecule has 1 saturated carbocycles. The normalized spacial score (nSPS) is 27.1. The van der Waals surface area contributed by atoms with Gasteiger partial charge >= 0.3 is 5.97 Å². The zero-order valence-corrected chi connectivity index (χ0v) is 21.6. The van der Waals surface area contributed by atoms with Gasteiger partial charge in [-0.1, -0.05) is 56.6 Å². The van der Waals surface area contributed by atoms with Crippen molar-refractivity contribution in [2.24, 2.45) is 17.8 Å². The average molecular weight is 466 g/mol. The maximum absolute atomic E-state index is 13.4. The van der Waals surface area contributed by atoms with E-state index in [2.05, 4.69) is 20.8 Å². The number of esters is 1. The number of sulfonamides is 1. The van der Waals surface area contributed by atoms with Crippen LogP contribution >= 0.6 is 0 Å². The summed E-state index contributed by atoms with van der Waals surface area (Å²) in [6, 6.07) is 10.7. The predicted octanol–water partition coefficient (Wildman–Crippen LogP) is 5.08. The third-order valence-electron chi connectivity index (χ3n) is 8.36. The number of carbonyl (C=O) groups excluding carboxylic acids is 1. The third-order valence-corrected chi connectivity index (χ3v) is 16.7. The Morgan fingerprint density at radius 2 is 1.68 bits per heavy atom. The van der Waals surface area contributed by atoms with Crippen LogP contribution in [0.5, 0.6) is 0 Å². The van der Waals surface area contributed by atoms with Crippen LogP contribution in [0.25, 0.3) is 0 Å². The van der Waals surface area contributed by atoms with Gasteiger partial charge in [0.25, 0.3) is 0 Å². The minimum absolute atomic E-state index is 0.0685. The van der Waals surface area contributed by atoms with Crippen molar-refractivity contribution in [2.45, 2.75) is 76.0 Å². The van der Waals surface area contributed by atoms with Crippen molar-refractivity contribution in [1.29, 1.82) is 0 Å². The second kappa shape index (κ2) is 9.75. The van der Waals surface area contributed by atoms with Crippen LogP contribution in [0.2, 0.25) is 23.7 Å². The van der Waals surface area contributed by atoms with E-state index in [0.717, 1.165) is 18.4 Å². The van der Waals surface area contributed by atoms with E-state index in [1.807, 2.05) is 26.0 Å². The van der Waals surface area contributed by atoms with Gasteiger partial charge in [-0.15, -0.1) is 0 Å². The van der Waals surface area contributed by atoms with Crippen molar-refractivity contribution in [1.82, 2.24) is 4.31 Å². The highest BCUT2D eigenvalue weighted by Crippen LogP contribution is 2.56. The topological polar surface area (TPSA) is 63.7 Å². The lowest BCUT2D eigenvalue weighted by atomic mass is 9.84. The first-order valence-corrected chi connectivity index (χ1v) is 16.1. The van der Waals surface area contributed by atoms with E-state index in [0.29, 0.717) is 30.1 Å². The number of hydrogen-bond acceptors (Lipinski definition) is 4. The summed E-state index contributed by atoms with van der Waals surface area (Å²) in [5, 5.41) is 0. The molecule has 1 aliphatic carbocycles. The molecule has 2 fully saturated rings. The van der Waals surface area contributed by atoms with E-state index >= 15 is 0 Å². The van der Waals surface area contributed by atoms with E-state index in [-0.39, 0.29) is 23.7 Å². The van der Waals surface area contributed by atoms with Crippen molar-refractivity contribution in [2.75, 3.05) is 19.7 Å². The SMILES string of the molecule is CCOC(=O)[C@@H]1C[C@@H]([Si](CC)(CC)CC)[C@H]2CN(S(=O)(=O)c3ccc(C)cc3)CC[C@H]21. The average Bonchev–Trinajstić information content (AvgIpc) is 3.16. The number of ether oxygens (including phenoxy) is 1. The zero-order chi connectivity index (χ0) is 22.8. The number of benzene rings is 1. The monoisotopic (exact) mass is 465 g/mol. The molecule has 1 saturated heterocycles. The molecule has 0 amide bonds. The molecule has 0 bridgehead atoms. The molecule has 4 atom stereocenters. The maximum atomic E-state index is 13.4. The van der Waals surface area contributed by atoms with Crippen LogP contribution in [0.15, 0.2) is 29.2 Å². The van der Waals surface area contributed by atoms with Crippen LogP contribution in [0.4, 0.5) is 0 Å². The van der Waals surface area contributed by atoms with Crippen molar-refractivity contribution in [3.63, 3.8) is 0 Å². The summed E-state index contributed by atoms with van der Waals surface area (Å²) >= 11 is 0. The Bertz CT molecular complexity index is 858. The second-order valence-corrected chi connectivity index (χ2v) is 16.9. The van der Waals surface area contributed by atoms with E-state index in [1.54, 1.807) is 16.4 Å². The largest absolute Gasteiger partial charge is 0.466 e. The maximum Gasteiger partial charge on any atom is 0.309 e. The number of carbonyl (C=O) groups is 1. The Balaban J connectivity index is 1.93. The lowest BCUT2D eigenvalue weighted by molar-refractivity contribution is -0.149. The molecule has 3 rings (SSSR count). The van der Waals surface area contributed by atoms with Gasteiger partial charge in [0, 0.05) is 13.1 Å². The van der Waals surface area contributed by atoms with Gasteiger partial charge in [-0.3, -0.25) is 4.79 Å². The van der Waals surface area contributed by atoms with Crippen LogP contribution < -0.4 is 0 Å². The highest BCUT2D eigenvalue weighted by Gasteiger charge is 2.56. The van der Waals surface area contributed by atoms with Crippen molar-refractivity contribution in [3.8, 4) is 0 Å². The lowest BCUT2D eigenvalue weighted by Crippen LogP contribution is -2.48. The Kier molecular flexibility index (Phi) is 7.69. The second-order valence-electron chi connectivity index (χ2n) is 9.42. The standard InChI is InChI=1S/C24H39NO4SSi/c1-6-29-24(26)21-16-23(31(7-2,8-3)9-4)22-17-25(15-14-20(21)22)30(27,28)19-12-10-18(5)11-13-19/h10-13,20-23H,6-9,14-17H2,1-5H3/t20-,21+,22-,23+/m0/s1. The minimum atomic E-state index is -3.52. The van der Waals surface area contributed by atoms with E-state index in [9.17, 15) is 13.2 Å². The first kappa shape index (κ1) is 24.5. The van der Waals surface area contributed by atoms with Gasteiger partial charge in [0.2, 0.25) is 10.0 Å². The van der Waals surface area contributed by atoms with Gasteiger partial charge in [-0.25, -0.2) is 8.42 Å². The Morgan fingerprint density at radius 3 is 2.23 bits per heavy atom. The number of nitrogens with zero attached hydrogens (tertiary/aromatic N) is 1. The molecular formula is C24H39NO4SSi. The summed E-state index contributed by atoms with van der Waals surface area (Å²) in [6.07, 6.45) is 1.63. The molecule has 7 heteroatoms. The quantitative estimate of drug-likeness (QED) is 0.396. The van der Waals surface area contributed by atoms with Gasteiger partial charge in [-0.2, -0.15) is 4.31 Å². The fourth-order valence-electron chi connectivity index (χ4n) is 6.36. The molecular weight excluding hydrogens is 426 g/mol. The third kappa shape index (κ3) is 4.51. The highest BCUT2D eigenvalue weighted by molar-refractivity contribution is 7.89. The summed E-state index contributed by atoms with van der Waals surface area (Å²) in [6.45, 7) is 12.2. The lowest BCUT2D eigenvalue weighted by Gasteiger charge is -2.43. The Hall–Kier alpha value is -1.18. The Morgan fingerprint density at radius 1 is 1.06 bits per heavy atom. The molecule has 0 N–H and O–H groups in total. The van der Waals surface area contributed by atoms with E-state index < -0.39 is 18.1 Å². The molecule has 1 aromatic rings. The summed E-state index contributed by atoms with van der Waals surface area (Å²) in [4.78, 5) is 13.2. The fourth-order valence-corrected chi connectivity index (χ4v) is 12.9. The molecule has 0 unspecified atom stereocenters. The summed E-state index contributed by atoms with van der Waals surface area (Å²) < 4.78 is 34.0. The molecule has 1 heterocycles. The van der Waals surface area contributed by atoms with Crippen molar-refractivity contribution < 1.29 is 17.9 Å². The summed E-state index contributed by atoms with van der Waals surface area (Å²) in [5.74, 6) is 0.358. The first-order valence-electron chi connectivity index (χ1n) is 12.0.